The van der Waals surface area contributed by atoms with Gasteiger partial charge in [0.25, 0.3) is 0 Å². The van der Waals surface area contributed by atoms with E-state index in [1.807, 2.05) is 44.3 Å². The van der Waals surface area contributed by atoms with Crippen molar-refractivity contribution in [1.29, 1.82) is 0 Å². The van der Waals surface area contributed by atoms with E-state index in [2.05, 4.69) is 27.5 Å². The standard InChI is InChI=1S/C20H22ClN3O/c1-4-5-15-6-9-19(23-13-15)14(2)24-16-7-8-18(21)17(12-16)20(22-3)10-11-25/h6-9,11-14,20,22,24H,10H2,1-3H3/t14-,20?/m1/s1. The molecule has 0 saturated carbocycles. The first-order chi connectivity index (χ1) is 12.1. The number of carbonyl (C=O) groups is 1. The van der Waals surface area contributed by atoms with E-state index in [0.29, 0.717) is 11.4 Å². The van der Waals surface area contributed by atoms with Gasteiger partial charge >= 0.3 is 0 Å². The van der Waals surface area contributed by atoms with Crippen LogP contribution in [0.1, 0.15) is 49.2 Å². The molecule has 25 heavy (non-hydrogen) atoms. The molecule has 0 aliphatic carbocycles. The molecule has 1 aromatic carbocycles. The quantitative estimate of drug-likeness (QED) is 0.579. The maximum atomic E-state index is 10.9. The third-order valence-electron chi connectivity index (χ3n) is 3.93. The van der Waals surface area contributed by atoms with E-state index in [1.54, 1.807) is 13.1 Å². The van der Waals surface area contributed by atoms with E-state index in [-0.39, 0.29) is 12.1 Å². The molecule has 4 nitrogen and oxygen atoms in total. The zero-order chi connectivity index (χ0) is 18.2. The Balaban J connectivity index is 2.18. The van der Waals surface area contributed by atoms with Crippen LogP contribution in [0.15, 0.2) is 36.5 Å². The van der Waals surface area contributed by atoms with Gasteiger partial charge in [0, 0.05) is 34.9 Å². The molecule has 1 heterocycles. The SMILES string of the molecule is CC#Cc1ccc([C@@H](C)Nc2ccc(Cl)c(C(CC=O)NC)c2)nc1. The summed E-state index contributed by atoms with van der Waals surface area (Å²) in [6, 6.07) is 9.59. The number of aldehydes is 1. The van der Waals surface area contributed by atoms with Crippen LogP contribution in [0.5, 0.6) is 0 Å². The Hall–Kier alpha value is -2.35. The Bertz CT molecular complexity index is 778. The maximum absolute atomic E-state index is 10.9. The average Bonchev–Trinajstić information content (AvgIpc) is 2.62. The molecular formula is C20H22ClN3O. The second-order valence-electron chi connectivity index (χ2n) is 5.69. The van der Waals surface area contributed by atoms with Crippen molar-refractivity contribution in [1.82, 2.24) is 10.3 Å². The summed E-state index contributed by atoms with van der Waals surface area (Å²) in [6.07, 6.45) is 3.04. The first-order valence-corrected chi connectivity index (χ1v) is 8.52. The Morgan fingerprint density at radius 2 is 2.12 bits per heavy atom. The van der Waals surface area contributed by atoms with Crippen LogP contribution < -0.4 is 10.6 Å². The zero-order valence-electron chi connectivity index (χ0n) is 14.6. The molecule has 0 aliphatic rings. The van der Waals surface area contributed by atoms with Crippen molar-refractivity contribution in [2.75, 3.05) is 12.4 Å². The predicted molar refractivity (Wildman–Crippen MR) is 103 cm³/mol. The molecule has 0 bridgehead atoms. The number of halogens is 1. The fraction of sp³-hybridized carbons (Fsp3) is 0.300. The first kappa shape index (κ1) is 19.0. The fourth-order valence-electron chi connectivity index (χ4n) is 2.60. The molecule has 2 atom stereocenters. The van der Waals surface area contributed by atoms with Gasteiger partial charge in [0.05, 0.1) is 11.7 Å². The third kappa shape index (κ3) is 5.06. The molecule has 2 aromatic rings. The minimum absolute atomic E-state index is 0.0248. The summed E-state index contributed by atoms with van der Waals surface area (Å²) in [5.41, 5.74) is 3.65. The Morgan fingerprint density at radius 3 is 2.72 bits per heavy atom. The number of rotatable bonds is 7. The Morgan fingerprint density at radius 1 is 1.32 bits per heavy atom. The van der Waals surface area contributed by atoms with Crippen LogP contribution in [0.4, 0.5) is 5.69 Å². The number of benzene rings is 1. The summed E-state index contributed by atoms with van der Waals surface area (Å²) in [4.78, 5) is 15.3. The first-order valence-electron chi connectivity index (χ1n) is 8.14. The van der Waals surface area contributed by atoms with Crippen LogP contribution in [0.25, 0.3) is 0 Å². The van der Waals surface area contributed by atoms with Gasteiger partial charge in [-0.15, -0.1) is 5.92 Å². The van der Waals surface area contributed by atoms with Crippen molar-refractivity contribution in [3.8, 4) is 11.8 Å². The van der Waals surface area contributed by atoms with Crippen molar-refractivity contribution >= 4 is 23.6 Å². The molecule has 0 fully saturated rings. The summed E-state index contributed by atoms with van der Waals surface area (Å²) in [5, 5.41) is 7.19. The van der Waals surface area contributed by atoms with Gasteiger partial charge in [0.2, 0.25) is 0 Å². The van der Waals surface area contributed by atoms with E-state index < -0.39 is 0 Å². The lowest BCUT2D eigenvalue weighted by Gasteiger charge is -2.19. The highest BCUT2D eigenvalue weighted by molar-refractivity contribution is 6.31. The van der Waals surface area contributed by atoms with Crippen molar-refractivity contribution in [2.45, 2.75) is 32.4 Å². The maximum Gasteiger partial charge on any atom is 0.121 e. The Labute approximate surface area is 154 Å². The third-order valence-corrected chi connectivity index (χ3v) is 4.28. The van der Waals surface area contributed by atoms with Crippen molar-refractivity contribution in [2.24, 2.45) is 0 Å². The molecule has 1 unspecified atom stereocenters. The molecule has 0 saturated heterocycles. The molecule has 1 aromatic heterocycles. The summed E-state index contributed by atoms with van der Waals surface area (Å²) in [7, 11) is 1.82. The molecule has 0 radical (unpaired) electrons. The number of nitrogens with zero attached hydrogens (tertiary/aromatic N) is 1. The van der Waals surface area contributed by atoms with Crippen LogP contribution >= 0.6 is 11.6 Å². The normalized spacial score (nSPS) is 12.6. The van der Waals surface area contributed by atoms with Crippen molar-refractivity contribution in [3.05, 3.63) is 58.4 Å². The lowest BCUT2D eigenvalue weighted by Crippen LogP contribution is -2.17. The largest absolute Gasteiger partial charge is 0.377 e. The number of pyridine rings is 1. The van der Waals surface area contributed by atoms with Gasteiger partial charge in [0.15, 0.2) is 0 Å². The zero-order valence-corrected chi connectivity index (χ0v) is 15.4. The molecule has 0 amide bonds. The summed E-state index contributed by atoms with van der Waals surface area (Å²) < 4.78 is 0. The van der Waals surface area contributed by atoms with E-state index in [0.717, 1.165) is 28.8 Å². The number of hydrogen-bond donors (Lipinski definition) is 2. The van der Waals surface area contributed by atoms with Gasteiger partial charge in [-0.05, 0) is 56.8 Å². The highest BCUT2D eigenvalue weighted by Gasteiger charge is 2.14. The summed E-state index contributed by atoms with van der Waals surface area (Å²) >= 11 is 6.30. The molecule has 0 aliphatic heterocycles. The van der Waals surface area contributed by atoms with Gasteiger partial charge in [0.1, 0.15) is 6.29 Å². The minimum Gasteiger partial charge on any atom is -0.377 e. The molecule has 130 valence electrons. The number of nitrogens with one attached hydrogen (secondary N) is 2. The second kappa shape index (κ2) is 9.22. The molecule has 0 spiro atoms. The van der Waals surface area contributed by atoms with Crippen molar-refractivity contribution < 1.29 is 4.79 Å². The molecule has 2 N–H and O–H groups in total. The molecule has 5 heteroatoms. The number of carbonyl (C=O) groups excluding carboxylic acids is 1. The number of aromatic nitrogens is 1. The Kier molecular flexibility index (Phi) is 7.00. The smallest absolute Gasteiger partial charge is 0.121 e. The van der Waals surface area contributed by atoms with Crippen LogP contribution in [-0.4, -0.2) is 18.3 Å². The summed E-state index contributed by atoms with van der Waals surface area (Å²) in [5.74, 6) is 5.85. The fourth-order valence-corrected chi connectivity index (χ4v) is 2.85. The van der Waals surface area contributed by atoms with Crippen LogP contribution in [-0.2, 0) is 4.79 Å². The van der Waals surface area contributed by atoms with E-state index >= 15 is 0 Å². The monoisotopic (exact) mass is 355 g/mol. The van der Waals surface area contributed by atoms with Gasteiger partial charge < -0.3 is 15.4 Å². The topological polar surface area (TPSA) is 54.0 Å². The lowest BCUT2D eigenvalue weighted by molar-refractivity contribution is -0.108. The van der Waals surface area contributed by atoms with Gasteiger partial charge in [-0.2, -0.15) is 0 Å². The van der Waals surface area contributed by atoms with Crippen LogP contribution in [0.3, 0.4) is 0 Å². The van der Waals surface area contributed by atoms with Gasteiger partial charge in [-0.1, -0.05) is 17.5 Å². The van der Waals surface area contributed by atoms with Gasteiger partial charge in [-0.3, -0.25) is 4.98 Å². The van der Waals surface area contributed by atoms with Crippen LogP contribution in [0.2, 0.25) is 5.02 Å². The number of hydrogen-bond acceptors (Lipinski definition) is 4. The predicted octanol–water partition coefficient (Wildman–Crippen LogP) is 4.13. The second-order valence-corrected chi connectivity index (χ2v) is 6.10. The van der Waals surface area contributed by atoms with Crippen LogP contribution in [0, 0.1) is 11.8 Å². The van der Waals surface area contributed by atoms with E-state index in [9.17, 15) is 4.79 Å². The van der Waals surface area contributed by atoms with Gasteiger partial charge in [-0.25, -0.2) is 0 Å². The highest BCUT2D eigenvalue weighted by atomic mass is 35.5. The molecule has 2 rings (SSSR count). The minimum atomic E-state index is -0.105. The van der Waals surface area contributed by atoms with E-state index in [4.69, 9.17) is 11.6 Å². The lowest BCUT2D eigenvalue weighted by atomic mass is 10.0. The highest BCUT2D eigenvalue weighted by Crippen LogP contribution is 2.29. The van der Waals surface area contributed by atoms with Crippen molar-refractivity contribution in [3.63, 3.8) is 0 Å². The number of anilines is 1. The van der Waals surface area contributed by atoms with E-state index in [1.165, 1.54) is 0 Å². The molecular weight excluding hydrogens is 334 g/mol. The average molecular weight is 356 g/mol. The summed E-state index contributed by atoms with van der Waals surface area (Å²) in [6.45, 7) is 3.85.